The summed E-state index contributed by atoms with van der Waals surface area (Å²) in [5.41, 5.74) is 2.33. The van der Waals surface area contributed by atoms with Gasteiger partial charge in [0.15, 0.2) is 5.78 Å². The Morgan fingerprint density at radius 3 is 2.47 bits per heavy atom. The van der Waals surface area contributed by atoms with Crippen LogP contribution in [0.2, 0.25) is 5.02 Å². The highest BCUT2D eigenvalue weighted by atomic mass is 79.9. The van der Waals surface area contributed by atoms with Crippen molar-refractivity contribution in [2.75, 3.05) is 0 Å². The summed E-state index contributed by atoms with van der Waals surface area (Å²) in [7, 11) is 0. The van der Waals surface area contributed by atoms with E-state index in [1.165, 1.54) is 0 Å². The monoisotopic (exact) mass is 328 g/mol. The fourth-order valence-corrected chi connectivity index (χ4v) is 3.63. The van der Waals surface area contributed by atoms with Crippen LogP contribution in [0.1, 0.15) is 26.4 Å². The molecule has 0 saturated carbocycles. The summed E-state index contributed by atoms with van der Waals surface area (Å²) in [6.07, 6.45) is 0. The molecule has 88 valence electrons. The van der Waals surface area contributed by atoms with Gasteiger partial charge in [0, 0.05) is 16.0 Å². The van der Waals surface area contributed by atoms with Crippen molar-refractivity contribution >= 4 is 44.7 Å². The molecule has 0 unspecified atom stereocenters. The molecule has 1 heterocycles. The highest BCUT2D eigenvalue weighted by molar-refractivity contribution is 9.11. The Morgan fingerprint density at radius 2 is 1.94 bits per heavy atom. The predicted octanol–water partition coefficient (Wildman–Crippen LogP) is 5.01. The smallest absolute Gasteiger partial charge is 0.195 e. The molecule has 2 aromatic rings. The van der Waals surface area contributed by atoms with Gasteiger partial charge < -0.3 is 0 Å². The van der Waals surface area contributed by atoms with Crippen LogP contribution in [0.4, 0.5) is 0 Å². The summed E-state index contributed by atoms with van der Waals surface area (Å²) < 4.78 is 0.960. The van der Waals surface area contributed by atoms with E-state index >= 15 is 0 Å². The van der Waals surface area contributed by atoms with Crippen LogP contribution in [-0.2, 0) is 0 Å². The lowest BCUT2D eigenvalue weighted by molar-refractivity contribution is 0.103. The molecule has 17 heavy (non-hydrogen) atoms. The number of hydrogen-bond acceptors (Lipinski definition) is 2. The van der Waals surface area contributed by atoms with Crippen LogP contribution in [0.25, 0.3) is 0 Å². The predicted molar refractivity (Wildman–Crippen MR) is 76.4 cm³/mol. The third-order valence-corrected chi connectivity index (χ3v) is 4.37. The Morgan fingerprint density at radius 1 is 1.24 bits per heavy atom. The number of carbonyl (C=O) groups is 1. The van der Waals surface area contributed by atoms with Gasteiger partial charge in [-0.05, 0) is 53.5 Å². The molecule has 0 fully saturated rings. The van der Waals surface area contributed by atoms with Gasteiger partial charge in [0.2, 0.25) is 0 Å². The summed E-state index contributed by atoms with van der Waals surface area (Å²) in [5, 5.41) is 0.511. The molecule has 0 aliphatic carbocycles. The molecule has 1 aromatic carbocycles. The van der Waals surface area contributed by atoms with Gasteiger partial charge in [-0.3, -0.25) is 4.79 Å². The van der Waals surface area contributed by atoms with Gasteiger partial charge in [-0.1, -0.05) is 17.7 Å². The number of carbonyl (C=O) groups excluding carboxylic acids is 1. The lowest BCUT2D eigenvalue weighted by Crippen LogP contribution is -2.02. The summed E-state index contributed by atoms with van der Waals surface area (Å²) in [4.78, 5) is 13.3. The van der Waals surface area contributed by atoms with Crippen LogP contribution < -0.4 is 0 Å². The fourth-order valence-electron chi connectivity index (χ4n) is 1.62. The normalized spacial score (nSPS) is 10.6. The summed E-state index contributed by atoms with van der Waals surface area (Å²) >= 11 is 11.0. The van der Waals surface area contributed by atoms with E-state index in [1.807, 2.05) is 32.0 Å². The van der Waals surface area contributed by atoms with Gasteiger partial charge in [-0.15, -0.1) is 11.3 Å². The third kappa shape index (κ3) is 2.62. The van der Waals surface area contributed by atoms with Crippen LogP contribution in [0, 0.1) is 13.8 Å². The minimum absolute atomic E-state index is 0.0190. The van der Waals surface area contributed by atoms with Gasteiger partial charge in [-0.25, -0.2) is 0 Å². The average molecular weight is 330 g/mol. The quantitative estimate of drug-likeness (QED) is 0.708. The van der Waals surface area contributed by atoms with E-state index in [-0.39, 0.29) is 5.78 Å². The van der Waals surface area contributed by atoms with Gasteiger partial charge in [0.1, 0.15) is 0 Å². The van der Waals surface area contributed by atoms with E-state index in [1.54, 1.807) is 17.4 Å². The van der Waals surface area contributed by atoms with E-state index in [9.17, 15) is 4.79 Å². The first-order chi connectivity index (χ1) is 7.99. The second kappa shape index (κ2) is 4.92. The molecular weight excluding hydrogens is 320 g/mol. The lowest BCUT2D eigenvalue weighted by Gasteiger charge is -2.04. The van der Waals surface area contributed by atoms with E-state index in [0.717, 1.165) is 14.2 Å². The SMILES string of the molecule is Cc1ccc(C(=O)c2cc(Br)sc2C)c(Cl)c1. The van der Waals surface area contributed by atoms with E-state index in [4.69, 9.17) is 11.6 Å². The number of aryl methyl sites for hydroxylation is 2. The van der Waals surface area contributed by atoms with Gasteiger partial charge >= 0.3 is 0 Å². The number of thiophene rings is 1. The van der Waals surface area contributed by atoms with Crippen molar-refractivity contribution < 1.29 is 4.79 Å². The molecule has 4 heteroatoms. The lowest BCUT2D eigenvalue weighted by atomic mass is 10.0. The molecule has 1 nitrogen and oxygen atoms in total. The van der Waals surface area contributed by atoms with E-state index in [0.29, 0.717) is 16.1 Å². The molecule has 0 amide bonds. The highest BCUT2D eigenvalue weighted by Crippen LogP contribution is 2.30. The van der Waals surface area contributed by atoms with Crippen LogP contribution in [-0.4, -0.2) is 5.78 Å². The summed E-state index contributed by atoms with van der Waals surface area (Å²) in [6.45, 7) is 3.89. The van der Waals surface area contributed by atoms with Crippen LogP contribution in [0.5, 0.6) is 0 Å². The Balaban J connectivity index is 2.47. The first-order valence-corrected chi connectivity index (χ1v) is 7.04. The summed E-state index contributed by atoms with van der Waals surface area (Å²) in [6, 6.07) is 7.34. The Kier molecular flexibility index (Phi) is 3.71. The topological polar surface area (TPSA) is 17.1 Å². The van der Waals surface area contributed by atoms with Crippen molar-refractivity contribution in [1.82, 2.24) is 0 Å². The Labute approximate surface area is 118 Å². The third-order valence-electron chi connectivity index (χ3n) is 2.50. The largest absolute Gasteiger partial charge is 0.289 e. The zero-order valence-electron chi connectivity index (χ0n) is 9.38. The molecule has 0 aliphatic heterocycles. The summed E-state index contributed by atoms with van der Waals surface area (Å²) in [5.74, 6) is -0.0190. The molecule has 1 aromatic heterocycles. The number of ketones is 1. The number of halogens is 2. The second-order valence-electron chi connectivity index (χ2n) is 3.83. The second-order valence-corrected chi connectivity index (χ2v) is 6.88. The zero-order valence-corrected chi connectivity index (χ0v) is 12.5. The first kappa shape index (κ1) is 12.8. The standard InChI is InChI=1S/C13H10BrClOS/c1-7-3-4-9(11(15)5-7)13(16)10-6-12(14)17-8(10)2/h3-6H,1-2H3. The molecule has 0 N–H and O–H groups in total. The van der Waals surface area contributed by atoms with Gasteiger partial charge in [0.25, 0.3) is 0 Å². The molecule has 0 saturated heterocycles. The molecule has 0 atom stereocenters. The van der Waals surface area contributed by atoms with Crippen molar-refractivity contribution in [1.29, 1.82) is 0 Å². The van der Waals surface area contributed by atoms with E-state index in [2.05, 4.69) is 15.9 Å². The maximum Gasteiger partial charge on any atom is 0.195 e. The number of hydrogen-bond donors (Lipinski definition) is 0. The van der Waals surface area contributed by atoms with Crippen LogP contribution in [0.15, 0.2) is 28.1 Å². The number of benzene rings is 1. The fraction of sp³-hybridized carbons (Fsp3) is 0.154. The average Bonchev–Trinajstić information content (AvgIpc) is 2.57. The molecule has 0 radical (unpaired) electrons. The maximum atomic E-state index is 12.3. The van der Waals surface area contributed by atoms with Gasteiger partial charge in [0.05, 0.1) is 8.81 Å². The van der Waals surface area contributed by atoms with Crippen molar-refractivity contribution in [2.45, 2.75) is 13.8 Å². The highest BCUT2D eigenvalue weighted by Gasteiger charge is 2.17. The van der Waals surface area contributed by atoms with Crippen molar-refractivity contribution in [3.05, 3.63) is 54.6 Å². The molecule has 0 spiro atoms. The van der Waals surface area contributed by atoms with Crippen LogP contribution >= 0.6 is 38.9 Å². The molecule has 2 rings (SSSR count). The Bertz CT molecular complexity index is 589. The molecule has 0 bridgehead atoms. The van der Waals surface area contributed by atoms with E-state index < -0.39 is 0 Å². The minimum atomic E-state index is -0.0190. The number of rotatable bonds is 2. The minimum Gasteiger partial charge on any atom is -0.289 e. The zero-order chi connectivity index (χ0) is 12.6. The van der Waals surface area contributed by atoms with Crippen molar-refractivity contribution in [2.24, 2.45) is 0 Å². The van der Waals surface area contributed by atoms with Crippen LogP contribution in [0.3, 0.4) is 0 Å². The maximum absolute atomic E-state index is 12.3. The van der Waals surface area contributed by atoms with Crippen molar-refractivity contribution in [3.63, 3.8) is 0 Å². The first-order valence-electron chi connectivity index (χ1n) is 5.06. The molecular formula is C13H10BrClOS. The van der Waals surface area contributed by atoms with Gasteiger partial charge in [-0.2, -0.15) is 0 Å². The van der Waals surface area contributed by atoms with Crippen molar-refractivity contribution in [3.8, 4) is 0 Å². The Hall–Kier alpha value is -0.640. The molecule has 0 aliphatic rings.